The summed E-state index contributed by atoms with van der Waals surface area (Å²) in [5.41, 5.74) is 0. The van der Waals surface area contributed by atoms with Crippen LogP contribution in [0.5, 0.6) is 0 Å². The first-order chi connectivity index (χ1) is 11.0. The van der Waals surface area contributed by atoms with Gasteiger partial charge in [-0.25, -0.2) is 0 Å². The lowest BCUT2D eigenvalue weighted by Gasteiger charge is -2.12. The predicted molar refractivity (Wildman–Crippen MR) is 80.6 cm³/mol. The predicted octanol–water partition coefficient (Wildman–Crippen LogP) is -0.226. The van der Waals surface area contributed by atoms with E-state index in [9.17, 15) is 14.7 Å². The van der Waals surface area contributed by atoms with Crippen LogP contribution in [0.2, 0.25) is 0 Å². The number of carbonyl (C=O) groups excluding carboxylic acids is 2. The average Bonchev–Trinajstić information content (AvgIpc) is 2.55. The van der Waals surface area contributed by atoms with E-state index in [-0.39, 0.29) is 32.7 Å². The molecule has 0 saturated heterocycles. The lowest BCUT2D eigenvalue weighted by molar-refractivity contribution is -0.154. The molecular weight excluding hydrogens is 308 g/mol. The Balaban J connectivity index is 3.60. The summed E-state index contributed by atoms with van der Waals surface area (Å²) in [7, 11) is 0. The molecule has 0 bridgehead atoms. The van der Waals surface area contributed by atoms with Crippen LogP contribution in [0.1, 0.15) is 39.0 Å². The smallest absolute Gasteiger partial charge is 0.306 e. The molecular formula is C15H28O8. The highest BCUT2D eigenvalue weighted by molar-refractivity contribution is 5.77. The number of aliphatic hydroxyl groups is 3. The molecule has 8 heteroatoms. The van der Waals surface area contributed by atoms with Gasteiger partial charge < -0.3 is 29.5 Å². The number of carbonyl (C=O) groups is 2. The van der Waals surface area contributed by atoms with Crippen LogP contribution in [-0.4, -0.2) is 72.5 Å². The summed E-state index contributed by atoms with van der Waals surface area (Å²) < 4.78 is 14.7. The molecule has 0 aromatic heterocycles. The number of hydrogen-bond donors (Lipinski definition) is 3. The standard InChI is InChI=1S/C15H28O8/c1-2-3-4-7-21-9-13(18)11-23-15(20)6-5-14(19)22-10-12(17)8-16/h12-13,16-18H,2-11H2,1H3. The van der Waals surface area contributed by atoms with Crippen molar-refractivity contribution in [2.75, 3.05) is 33.0 Å². The molecule has 0 spiro atoms. The van der Waals surface area contributed by atoms with E-state index in [1.54, 1.807) is 0 Å². The van der Waals surface area contributed by atoms with Crippen LogP contribution < -0.4 is 0 Å². The van der Waals surface area contributed by atoms with Crippen molar-refractivity contribution in [3.8, 4) is 0 Å². The Kier molecular flexibility index (Phi) is 13.6. The molecule has 0 saturated carbocycles. The molecule has 0 aliphatic carbocycles. The summed E-state index contributed by atoms with van der Waals surface area (Å²) >= 11 is 0. The number of rotatable bonds is 14. The van der Waals surface area contributed by atoms with Gasteiger partial charge in [0.2, 0.25) is 0 Å². The number of aliphatic hydroxyl groups excluding tert-OH is 3. The maximum atomic E-state index is 11.4. The second-order valence-electron chi connectivity index (χ2n) is 5.14. The molecule has 3 N–H and O–H groups in total. The van der Waals surface area contributed by atoms with Crippen LogP contribution in [-0.2, 0) is 23.8 Å². The zero-order valence-corrected chi connectivity index (χ0v) is 13.6. The zero-order valence-electron chi connectivity index (χ0n) is 13.6. The highest BCUT2D eigenvalue weighted by atomic mass is 16.6. The number of hydrogen-bond acceptors (Lipinski definition) is 8. The third-order valence-electron chi connectivity index (χ3n) is 2.82. The Labute approximate surface area is 136 Å². The highest BCUT2D eigenvalue weighted by Crippen LogP contribution is 1.99. The van der Waals surface area contributed by atoms with Crippen molar-refractivity contribution in [1.82, 2.24) is 0 Å². The van der Waals surface area contributed by atoms with E-state index in [2.05, 4.69) is 11.7 Å². The number of unbranched alkanes of at least 4 members (excludes halogenated alkanes) is 2. The minimum Gasteiger partial charge on any atom is -0.463 e. The molecule has 0 amide bonds. The molecule has 136 valence electrons. The maximum absolute atomic E-state index is 11.4. The van der Waals surface area contributed by atoms with Gasteiger partial charge in [-0.2, -0.15) is 0 Å². The molecule has 0 aliphatic rings. The Hall–Kier alpha value is -1.22. The lowest BCUT2D eigenvalue weighted by Crippen LogP contribution is -2.25. The van der Waals surface area contributed by atoms with Gasteiger partial charge in [-0.05, 0) is 6.42 Å². The third-order valence-corrected chi connectivity index (χ3v) is 2.82. The largest absolute Gasteiger partial charge is 0.463 e. The fourth-order valence-electron chi connectivity index (χ4n) is 1.50. The Morgan fingerprint density at radius 1 is 0.913 bits per heavy atom. The van der Waals surface area contributed by atoms with Gasteiger partial charge in [0.1, 0.15) is 25.4 Å². The van der Waals surface area contributed by atoms with E-state index < -0.39 is 30.8 Å². The van der Waals surface area contributed by atoms with E-state index in [4.69, 9.17) is 19.7 Å². The second-order valence-corrected chi connectivity index (χ2v) is 5.14. The molecule has 0 fully saturated rings. The molecule has 23 heavy (non-hydrogen) atoms. The van der Waals surface area contributed by atoms with E-state index in [0.717, 1.165) is 19.3 Å². The topological polar surface area (TPSA) is 123 Å². The molecule has 0 aromatic rings. The van der Waals surface area contributed by atoms with Crippen molar-refractivity contribution < 1.29 is 39.1 Å². The summed E-state index contributed by atoms with van der Waals surface area (Å²) in [6.45, 7) is 1.72. The minimum absolute atomic E-state index is 0.0953. The van der Waals surface area contributed by atoms with Gasteiger partial charge in [0, 0.05) is 6.61 Å². The molecule has 0 rings (SSSR count). The molecule has 0 radical (unpaired) electrons. The quantitative estimate of drug-likeness (QED) is 0.294. The molecule has 2 atom stereocenters. The Morgan fingerprint density at radius 3 is 2.00 bits per heavy atom. The maximum Gasteiger partial charge on any atom is 0.306 e. The van der Waals surface area contributed by atoms with Crippen molar-refractivity contribution in [2.24, 2.45) is 0 Å². The summed E-state index contributed by atoms with van der Waals surface area (Å²) in [6.07, 6.45) is 0.682. The first kappa shape index (κ1) is 21.8. The second kappa shape index (κ2) is 14.4. The van der Waals surface area contributed by atoms with Gasteiger partial charge in [0.15, 0.2) is 0 Å². The lowest BCUT2D eigenvalue weighted by atomic mass is 10.3. The molecule has 2 unspecified atom stereocenters. The van der Waals surface area contributed by atoms with Gasteiger partial charge in [-0.1, -0.05) is 19.8 Å². The van der Waals surface area contributed by atoms with E-state index in [1.807, 2.05) is 0 Å². The SMILES string of the molecule is CCCCCOCC(O)COC(=O)CCC(=O)OCC(O)CO. The molecule has 0 heterocycles. The van der Waals surface area contributed by atoms with Crippen molar-refractivity contribution in [3.63, 3.8) is 0 Å². The van der Waals surface area contributed by atoms with Crippen LogP contribution in [0.15, 0.2) is 0 Å². The summed E-state index contributed by atoms with van der Waals surface area (Å²) in [6, 6.07) is 0. The van der Waals surface area contributed by atoms with E-state index in [0.29, 0.717) is 6.61 Å². The van der Waals surface area contributed by atoms with Gasteiger partial charge in [0.05, 0.1) is 26.1 Å². The van der Waals surface area contributed by atoms with Crippen LogP contribution in [0.4, 0.5) is 0 Å². The van der Waals surface area contributed by atoms with Gasteiger partial charge >= 0.3 is 11.9 Å². The van der Waals surface area contributed by atoms with Crippen molar-refractivity contribution >= 4 is 11.9 Å². The molecule has 0 aromatic carbocycles. The van der Waals surface area contributed by atoms with E-state index in [1.165, 1.54) is 0 Å². The molecule has 0 aliphatic heterocycles. The van der Waals surface area contributed by atoms with Crippen LogP contribution >= 0.6 is 0 Å². The summed E-state index contributed by atoms with van der Waals surface area (Å²) in [4.78, 5) is 22.6. The fourth-order valence-corrected chi connectivity index (χ4v) is 1.50. The van der Waals surface area contributed by atoms with Gasteiger partial charge in [-0.15, -0.1) is 0 Å². The van der Waals surface area contributed by atoms with Crippen molar-refractivity contribution in [3.05, 3.63) is 0 Å². The van der Waals surface area contributed by atoms with Crippen molar-refractivity contribution in [2.45, 2.75) is 51.2 Å². The summed E-state index contributed by atoms with van der Waals surface area (Å²) in [5.74, 6) is -1.30. The number of esters is 2. The van der Waals surface area contributed by atoms with Gasteiger partial charge in [0.25, 0.3) is 0 Å². The minimum atomic E-state index is -1.13. The first-order valence-electron chi connectivity index (χ1n) is 7.85. The van der Waals surface area contributed by atoms with E-state index >= 15 is 0 Å². The monoisotopic (exact) mass is 336 g/mol. The van der Waals surface area contributed by atoms with Gasteiger partial charge in [-0.3, -0.25) is 9.59 Å². The molecule has 8 nitrogen and oxygen atoms in total. The Morgan fingerprint density at radius 2 is 1.48 bits per heavy atom. The average molecular weight is 336 g/mol. The normalized spacial score (nSPS) is 13.4. The van der Waals surface area contributed by atoms with Crippen LogP contribution in [0.25, 0.3) is 0 Å². The van der Waals surface area contributed by atoms with Crippen molar-refractivity contribution in [1.29, 1.82) is 0 Å². The highest BCUT2D eigenvalue weighted by Gasteiger charge is 2.13. The third kappa shape index (κ3) is 14.1. The zero-order chi connectivity index (χ0) is 17.5. The Bertz CT molecular complexity index is 321. The van der Waals surface area contributed by atoms with Crippen LogP contribution in [0, 0.1) is 0 Å². The van der Waals surface area contributed by atoms with Crippen LogP contribution in [0.3, 0.4) is 0 Å². The first-order valence-corrected chi connectivity index (χ1v) is 7.85. The number of ether oxygens (including phenoxy) is 3. The fraction of sp³-hybridized carbons (Fsp3) is 0.867. The summed E-state index contributed by atoms with van der Waals surface area (Å²) in [5, 5.41) is 27.1.